The summed E-state index contributed by atoms with van der Waals surface area (Å²) in [5.41, 5.74) is 1.98. The van der Waals surface area contributed by atoms with E-state index in [0.29, 0.717) is 10.8 Å². The molecule has 0 bridgehead atoms. The summed E-state index contributed by atoms with van der Waals surface area (Å²) >= 11 is 12.0. The number of hydrogen-bond donors (Lipinski definition) is 0. The van der Waals surface area contributed by atoms with E-state index in [1.54, 1.807) is 17.8 Å². The van der Waals surface area contributed by atoms with Gasteiger partial charge in [0, 0.05) is 24.7 Å². The first-order valence-electron chi connectivity index (χ1n) is 7.31. The first-order chi connectivity index (χ1) is 10.8. The Morgan fingerprint density at radius 1 is 1.22 bits per heavy atom. The lowest BCUT2D eigenvalue weighted by atomic mass is 9.97. The van der Waals surface area contributed by atoms with E-state index in [0.717, 1.165) is 36.9 Å². The van der Waals surface area contributed by atoms with Crippen molar-refractivity contribution >= 4 is 39.0 Å². The van der Waals surface area contributed by atoms with Crippen LogP contribution >= 0.6 is 23.2 Å². The van der Waals surface area contributed by atoms with E-state index in [9.17, 15) is 8.42 Å². The molecule has 0 aliphatic heterocycles. The van der Waals surface area contributed by atoms with Gasteiger partial charge < -0.3 is 0 Å². The lowest BCUT2D eigenvalue weighted by Gasteiger charge is -2.22. The molecule has 1 aromatic heterocycles. The number of halogens is 2. The monoisotopic (exact) mass is 373 g/mol. The average Bonchev–Trinajstić information content (AvgIpc) is 2.84. The summed E-state index contributed by atoms with van der Waals surface area (Å²) in [6, 6.07) is 4.43. The number of sulfonamides is 1. The fourth-order valence-electron chi connectivity index (χ4n) is 2.99. The molecule has 2 aromatic rings. The summed E-state index contributed by atoms with van der Waals surface area (Å²) in [7, 11) is -0.526. The van der Waals surface area contributed by atoms with Crippen molar-refractivity contribution in [1.29, 1.82) is 0 Å². The second kappa shape index (κ2) is 6.00. The number of hydrogen-bond acceptors (Lipinski definition) is 3. The van der Waals surface area contributed by atoms with Crippen molar-refractivity contribution in [2.45, 2.75) is 30.6 Å². The molecule has 0 atom stereocenters. The summed E-state index contributed by atoms with van der Waals surface area (Å²) in [5.74, 6) is 0.593. The molecule has 5 nitrogen and oxygen atoms in total. The third kappa shape index (κ3) is 2.84. The summed E-state index contributed by atoms with van der Waals surface area (Å²) in [6.45, 7) is 0. The number of nitrogens with zero attached hydrogens (tertiary/aromatic N) is 3. The smallest absolute Gasteiger partial charge is 0.253 e. The van der Waals surface area contributed by atoms with Crippen molar-refractivity contribution in [1.82, 2.24) is 9.78 Å². The Labute approximate surface area is 145 Å². The molecule has 124 valence electrons. The highest BCUT2D eigenvalue weighted by atomic mass is 35.5. The molecule has 0 fully saturated rings. The maximum absolute atomic E-state index is 13.0. The molecule has 0 amide bonds. The molecule has 1 heterocycles. The van der Waals surface area contributed by atoms with Crippen molar-refractivity contribution in [2.75, 3.05) is 11.4 Å². The van der Waals surface area contributed by atoms with Gasteiger partial charge >= 0.3 is 0 Å². The van der Waals surface area contributed by atoms with Gasteiger partial charge in [0.15, 0.2) is 0 Å². The molecule has 0 unspecified atom stereocenters. The fourth-order valence-corrected chi connectivity index (χ4v) is 4.98. The first kappa shape index (κ1) is 16.6. The molecule has 0 saturated heterocycles. The molecule has 1 aliphatic carbocycles. The minimum absolute atomic E-state index is 0.0000684. The Hall–Kier alpha value is -1.24. The standard InChI is InChI=1S/C15H17Cl2N3O2S/c1-19-15(11-5-3-4-6-13(11)18-19)20(2)23(21,22)14-9-10(16)7-8-12(14)17/h7-9H,3-6H2,1-2H3. The lowest BCUT2D eigenvalue weighted by Crippen LogP contribution is -2.29. The molecule has 23 heavy (non-hydrogen) atoms. The summed E-state index contributed by atoms with van der Waals surface area (Å²) in [5, 5.41) is 4.95. The molecular formula is C15H17Cl2N3O2S. The van der Waals surface area contributed by atoms with E-state index < -0.39 is 10.0 Å². The minimum atomic E-state index is -3.81. The van der Waals surface area contributed by atoms with Gasteiger partial charge in [-0.15, -0.1) is 0 Å². The van der Waals surface area contributed by atoms with E-state index in [2.05, 4.69) is 5.10 Å². The van der Waals surface area contributed by atoms with Gasteiger partial charge in [0.25, 0.3) is 10.0 Å². The van der Waals surface area contributed by atoms with Crippen molar-refractivity contribution < 1.29 is 8.42 Å². The Morgan fingerprint density at radius 2 is 1.91 bits per heavy atom. The quantitative estimate of drug-likeness (QED) is 0.827. The molecular weight excluding hydrogens is 357 g/mol. The van der Waals surface area contributed by atoms with Crippen molar-refractivity contribution in [2.24, 2.45) is 7.05 Å². The lowest BCUT2D eigenvalue weighted by molar-refractivity contribution is 0.592. The van der Waals surface area contributed by atoms with Gasteiger partial charge in [-0.25, -0.2) is 8.42 Å². The summed E-state index contributed by atoms with van der Waals surface area (Å²) in [6.07, 6.45) is 3.84. The summed E-state index contributed by atoms with van der Waals surface area (Å²) in [4.78, 5) is -0.0000684. The second-order valence-corrected chi connectivity index (χ2v) is 8.41. The number of fused-ring (bicyclic) bond motifs is 1. The van der Waals surface area contributed by atoms with Gasteiger partial charge in [0.05, 0.1) is 10.7 Å². The van der Waals surface area contributed by atoms with Crippen LogP contribution in [0.5, 0.6) is 0 Å². The fraction of sp³-hybridized carbons (Fsp3) is 0.400. The SMILES string of the molecule is CN(c1c2c(nn1C)CCCC2)S(=O)(=O)c1cc(Cl)ccc1Cl. The summed E-state index contributed by atoms with van der Waals surface area (Å²) < 4.78 is 28.8. The van der Waals surface area contributed by atoms with Gasteiger partial charge in [-0.1, -0.05) is 23.2 Å². The van der Waals surface area contributed by atoms with E-state index in [1.807, 2.05) is 0 Å². The molecule has 8 heteroatoms. The number of aromatic nitrogens is 2. The predicted molar refractivity (Wildman–Crippen MR) is 91.9 cm³/mol. The van der Waals surface area contributed by atoms with E-state index in [4.69, 9.17) is 23.2 Å². The van der Waals surface area contributed by atoms with Crippen LogP contribution in [0, 0.1) is 0 Å². The van der Waals surface area contributed by atoms with Crippen LogP contribution in [0.1, 0.15) is 24.1 Å². The van der Waals surface area contributed by atoms with Gasteiger partial charge in [-0.3, -0.25) is 8.99 Å². The molecule has 0 radical (unpaired) electrons. The predicted octanol–water partition coefficient (Wildman–Crippen LogP) is 3.43. The maximum Gasteiger partial charge on any atom is 0.266 e. The van der Waals surface area contributed by atoms with Gasteiger partial charge in [-0.05, 0) is 43.9 Å². The normalized spacial score (nSPS) is 14.6. The van der Waals surface area contributed by atoms with Crippen LogP contribution in [0.4, 0.5) is 5.82 Å². The Bertz CT molecular complexity index is 862. The van der Waals surface area contributed by atoms with Crippen LogP contribution in [-0.2, 0) is 29.9 Å². The third-order valence-corrected chi connectivity index (χ3v) is 6.58. The Kier molecular flexibility index (Phi) is 4.33. The van der Waals surface area contributed by atoms with E-state index >= 15 is 0 Å². The van der Waals surface area contributed by atoms with Crippen LogP contribution in [0.15, 0.2) is 23.1 Å². The van der Waals surface area contributed by atoms with Crippen molar-refractivity contribution in [3.05, 3.63) is 39.5 Å². The highest BCUT2D eigenvalue weighted by molar-refractivity contribution is 7.93. The van der Waals surface area contributed by atoms with Crippen LogP contribution in [0.25, 0.3) is 0 Å². The number of benzene rings is 1. The average molecular weight is 374 g/mol. The van der Waals surface area contributed by atoms with Crippen molar-refractivity contribution in [3.8, 4) is 0 Å². The number of anilines is 1. The van der Waals surface area contributed by atoms with Crippen LogP contribution in [0.2, 0.25) is 10.0 Å². The molecule has 1 aromatic carbocycles. The van der Waals surface area contributed by atoms with Crippen LogP contribution < -0.4 is 4.31 Å². The van der Waals surface area contributed by atoms with E-state index in [-0.39, 0.29) is 9.92 Å². The zero-order chi connectivity index (χ0) is 16.8. The zero-order valence-electron chi connectivity index (χ0n) is 12.9. The molecule has 3 rings (SSSR count). The Morgan fingerprint density at radius 3 is 2.65 bits per heavy atom. The van der Waals surface area contributed by atoms with Gasteiger partial charge in [-0.2, -0.15) is 5.10 Å². The molecule has 0 N–H and O–H groups in total. The molecule has 0 saturated carbocycles. The van der Waals surface area contributed by atoms with Crippen molar-refractivity contribution in [3.63, 3.8) is 0 Å². The third-order valence-electron chi connectivity index (χ3n) is 4.12. The minimum Gasteiger partial charge on any atom is -0.253 e. The second-order valence-electron chi connectivity index (χ2n) is 5.63. The first-order valence-corrected chi connectivity index (χ1v) is 9.50. The zero-order valence-corrected chi connectivity index (χ0v) is 15.2. The van der Waals surface area contributed by atoms with Crippen LogP contribution in [0.3, 0.4) is 0 Å². The Balaban J connectivity index is 2.11. The largest absolute Gasteiger partial charge is 0.266 e. The highest BCUT2D eigenvalue weighted by Crippen LogP contribution is 2.34. The maximum atomic E-state index is 13.0. The van der Waals surface area contributed by atoms with Gasteiger partial charge in [0.1, 0.15) is 10.7 Å². The van der Waals surface area contributed by atoms with Crippen LogP contribution in [-0.4, -0.2) is 25.2 Å². The topological polar surface area (TPSA) is 55.2 Å². The molecule has 0 spiro atoms. The highest BCUT2D eigenvalue weighted by Gasteiger charge is 2.30. The number of aryl methyl sites for hydroxylation is 2. The number of rotatable bonds is 3. The van der Waals surface area contributed by atoms with E-state index in [1.165, 1.54) is 23.5 Å². The van der Waals surface area contributed by atoms with Gasteiger partial charge in [0.2, 0.25) is 0 Å². The molecule has 1 aliphatic rings.